The van der Waals surface area contributed by atoms with E-state index in [1.807, 2.05) is 22.7 Å². The van der Waals surface area contributed by atoms with Crippen LogP contribution in [0.5, 0.6) is 0 Å². The van der Waals surface area contributed by atoms with Crippen LogP contribution in [0.1, 0.15) is 66.8 Å². The highest BCUT2D eigenvalue weighted by atomic mass is 16.1. The number of nitrogens with zero attached hydrogens (tertiary/aromatic N) is 7. The van der Waals surface area contributed by atoms with E-state index in [2.05, 4.69) is 73.8 Å². The second-order valence-electron chi connectivity index (χ2n) is 12.6. The van der Waals surface area contributed by atoms with Crippen molar-refractivity contribution in [1.29, 1.82) is 0 Å². The highest BCUT2D eigenvalue weighted by Gasteiger charge is 2.25. The van der Waals surface area contributed by atoms with Crippen LogP contribution < -0.4 is 20.4 Å². The summed E-state index contributed by atoms with van der Waals surface area (Å²) >= 11 is 0. The van der Waals surface area contributed by atoms with Gasteiger partial charge < -0.3 is 25.3 Å². The summed E-state index contributed by atoms with van der Waals surface area (Å²) in [4.78, 5) is 34.4. The first-order valence-electron chi connectivity index (χ1n) is 16.3. The summed E-state index contributed by atoms with van der Waals surface area (Å²) in [5.74, 6) is 2.49. The van der Waals surface area contributed by atoms with Gasteiger partial charge in [-0.05, 0) is 113 Å². The van der Waals surface area contributed by atoms with Crippen molar-refractivity contribution in [2.45, 2.75) is 56.9 Å². The Morgan fingerprint density at radius 3 is 2.34 bits per heavy atom. The van der Waals surface area contributed by atoms with E-state index >= 15 is 0 Å². The standard InChI is InChI=1S/C34H43N9O/c1-40-21-15-26(16-22-40)25-7-11-28(12-8-25)37-34-39-33(38-32-35-17-23-43(32)34)42-20-5-6-29(24-42)36-31(44)27-9-13-30(14-10-27)41-18-3-2-4-19-41/h7-14,17,23,26,29H,2-6,15-16,18-22,24H2,1H3,(H,36,44)(H,35,37,38,39). The molecule has 3 saturated heterocycles. The molecule has 1 amide bonds. The molecule has 3 aliphatic heterocycles. The number of amides is 1. The van der Waals surface area contributed by atoms with Crippen molar-refractivity contribution in [2.75, 3.05) is 61.4 Å². The Morgan fingerprint density at radius 2 is 1.57 bits per heavy atom. The molecule has 10 heteroatoms. The molecule has 10 nitrogen and oxygen atoms in total. The monoisotopic (exact) mass is 593 g/mol. The van der Waals surface area contributed by atoms with Gasteiger partial charge >= 0.3 is 0 Å². The lowest BCUT2D eigenvalue weighted by Crippen LogP contribution is -2.48. The molecule has 0 radical (unpaired) electrons. The molecule has 2 aromatic carbocycles. The summed E-state index contributed by atoms with van der Waals surface area (Å²) in [5, 5.41) is 6.77. The third kappa shape index (κ3) is 6.36. The number of nitrogens with one attached hydrogen (secondary N) is 2. The lowest BCUT2D eigenvalue weighted by molar-refractivity contribution is 0.0933. The number of piperidine rings is 3. The van der Waals surface area contributed by atoms with Crippen molar-refractivity contribution in [3.8, 4) is 0 Å². The summed E-state index contributed by atoms with van der Waals surface area (Å²) in [6, 6.07) is 16.8. The van der Waals surface area contributed by atoms with E-state index in [0.29, 0.717) is 35.7 Å². The summed E-state index contributed by atoms with van der Waals surface area (Å²) in [6.45, 7) is 5.98. The maximum absolute atomic E-state index is 13.2. The summed E-state index contributed by atoms with van der Waals surface area (Å²) < 4.78 is 1.88. The number of hydrogen-bond donors (Lipinski definition) is 2. The Morgan fingerprint density at radius 1 is 0.818 bits per heavy atom. The van der Waals surface area contributed by atoms with Gasteiger partial charge in [-0.3, -0.25) is 9.20 Å². The van der Waals surface area contributed by atoms with Crippen LogP contribution in [-0.2, 0) is 0 Å². The third-order valence-corrected chi connectivity index (χ3v) is 9.50. The van der Waals surface area contributed by atoms with E-state index in [1.165, 1.54) is 43.4 Å². The number of carbonyl (C=O) groups excluding carboxylic acids is 1. The average molecular weight is 594 g/mol. The van der Waals surface area contributed by atoms with Gasteiger partial charge in [0, 0.05) is 61.6 Å². The third-order valence-electron chi connectivity index (χ3n) is 9.50. The molecule has 5 heterocycles. The number of imidazole rings is 1. The quantitative estimate of drug-likeness (QED) is 0.307. The predicted molar refractivity (Wildman–Crippen MR) is 175 cm³/mol. The summed E-state index contributed by atoms with van der Waals surface area (Å²) in [7, 11) is 2.20. The lowest BCUT2D eigenvalue weighted by Gasteiger charge is -2.33. The Kier molecular flexibility index (Phi) is 8.33. The molecule has 1 atom stereocenters. The number of carbonyl (C=O) groups is 1. The van der Waals surface area contributed by atoms with Gasteiger partial charge in [-0.2, -0.15) is 9.97 Å². The molecule has 3 aliphatic rings. The first-order valence-corrected chi connectivity index (χ1v) is 16.3. The Balaban J connectivity index is 1.02. The first-order chi connectivity index (χ1) is 21.6. The van der Waals surface area contributed by atoms with Crippen LogP contribution in [0.2, 0.25) is 0 Å². The maximum atomic E-state index is 13.2. The highest BCUT2D eigenvalue weighted by Crippen LogP contribution is 2.29. The minimum absolute atomic E-state index is 0.0149. The van der Waals surface area contributed by atoms with Crippen molar-refractivity contribution >= 4 is 35.0 Å². The zero-order valence-electron chi connectivity index (χ0n) is 25.7. The smallest absolute Gasteiger partial charge is 0.251 e. The molecule has 4 aromatic rings. The van der Waals surface area contributed by atoms with Gasteiger partial charge in [0.15, 0.2) is 0 Å². The van der Waals surface area contributed by atoms with Crippen LogP contribution in [0.3, 0.4) is 0 Å². The number of benzene rings is 2. The van der Waals surface area contributed by atoms with E-state index in [0.717, 1.165) is 51.3 Å². The van der Waals surface area contributed by atoms with E-state index in [9.17, 15) is 4.79 Å². The van der Waals surface area contributed by atoms with Crippen molar-refractivity contribution in [3.05, 3.63) is 72.1 Å². The minimum atomic E-state index is -0.0299. The molecule has 7 rings (SSSR count). The summed E-state index contributed by atoms with van der Waals surface area (Å²) in [6.07, 6.45) is 11.7. The number of anilines is 4. The molecule has 2 N–H and O–H groups in total. The predicted octanol–water partition coefficient (Wildman–Crippen LogP) is 5.07. The number of rotatable bonds is 7. The fourth-order valence-corrected chi connectivity index (χ4v) is 6.87. The Labute approximate surface area is 259 Å². The average Bonchev–Trinajstić information content (AvgIpc) is 3.56. The van der Waals surface area contributed by atoms with Crippen LogP contribution in [0, 0.1) is 0 Å². The lowest BCUT2D eigenvalue weighted by atomic mass is 9.89. The summed E-state index contributed by atoms with van der Waals surface area (Å²) in [5.41, 5.74) is 4.29. The van der Waals surface area contributed by atoms with E-state index in [4.69, 9.17) is 9.97 Å². The Hall–Kier alpha value is -4.18. The SMILES string of the molecule is CN1CCC(c2ccc(Nc3nc(N4CCCC(NC(=O)c5ccc(N6CCCCC6)cc5)C4)nc4nccn34)cc2)CC1. The largest absolute Gasteiger partial charge is 0.372 e. The molecule has 3 fully saturated rings. The van der Waals surface area contributed by atoms with E-state index in [1.54, 1.807) is 6.20 Å². The molecule has 0 bridgehead atoms. The van der Waals surface area contributed by atoms with Gasteiger partial charge in [0.05, 0.1) is 0 Å². The number of likely N-dealkylation sites (tertiary alicyclic amines) is 1. The number of aromatic nitrogens is 4. The van der Waals surface area contributed by atoms with Crippen LogP contribution in [0.4, 0.5) is 23.3 Å². The normalized spacial score (nSPS) is 20.2. The van der Waals surface area contributed by atoms with E-state index < -0.39 is 0 Å². The van der Waals surface area contributed by atoms with Crippen molar-refractivity contribution in [2.24, 2.45) is 0 Å². The Bertz CT molecular complexity index is 1550. The van der Waals surface area contributed by atoms with Crippen LogP contribution in [0.25, 0.3) is 5.78 Å². The van der Waals surface area contributed by atoms with Crippen molar-refractivity contribution in [1.82, 2.24) is 29.6 Å². The molecular weight excluding hydrogens is 550 g/mol. The molecule has 230 valence electrons. The molecule has 1 unspecified atom stereocenters. The maximum Gasteiger partial charge on any atom is 0.251 e. The fourth-order valence-electron chi connectivity index (χ4n) is 6.87. The molecule has 44 heavy (non-hydrogen) atoms. The van der Waals surface area contributed by atoms with Crippen molar-refractivity contribution in [3.63, 3.8) is 0 Å². The second-order valence-corrected chi connectivity index (χ2v) is 12.6. The van der Waals surface area contributed by atoms with Gasteiger partial charge in [0.25, 0.3) is 5.91 Å². The van der Waals surface area contributed by atoms with Crippen LogP contribution in [0.15, 0.2) is 60.9 Å². The van der Waals surface area contributed by atoms with Gasteiger partial charge in [-0.15, -0.1) is 0 Å². The molecule has 0 aliphatic carbocycles. The molecule has 2 aromatic heterocycles. The second kappa shape index (κ2) is 12.8. The number of fused-ring (bicyclic) bond motifs is 1. The molecule has 0 spiro atoms. The zero-order valence-corrected chi connectivity index (χ0v) is 25.7. The van der Waals surface area contributed by atoms with E-state index in [-0.39, 0.29) is 11.9 Å². The van der Waals surface area contributed by atoms with Gasteiger partial charge in [0.2, 0.25) is 17.7 Å². The fraction of sp³-hybridized carbons (Fsp3) is 0.471. The van der Waals surface area contributed by atoms with Crippen LogP contribution >= 0.6 is 0 Å². The van der Waals surface area contributed by atoms with Gasteiger partial charge in [-0.1, -0.05) is 12.1 Å². The number of hydrogen-bond acceptors (Lipinski definition) is 8. The highest BCUT2D eigenvalue weighted by molar-refractivity contribution is 5.94. The molecular formula is C34H43N9O. The minimum Gasteiger partial charge on any atom is -0.372 e. The topological polar surface area (TPSA) is 93.9 Å². The van der Waals surface area contributed by atoms with Gasteiger partial charge in [0.1, 0.15) is 0 Å². The first kappa shape index (κ1) is 28.6. The molecule has 0 saturated carbocycles. The van der Waals surface area contributed by atoms with Crippen LogP contribution in [-0.4, -0.2) is 82.5 Å². The van der Waals surface area contributed by atoms with Crippen molar-refractivity contribution < 1.29 is 4.79 Å². The zero-order chi connectivity index (χ0) is 29.9. The van der Waals surface area contributed by atoms with Gasteiger partial charge in [-0.25, -0.2) is 4.98 Å².